The molecule has 0 saturated carbocycles. The van der Waals surface area contributed by atoms with Crippen LogP contribution in [0.5, 0.6) is 5.75 Å². The number of methoxy groups -OCH3 is 1. The summed E-state index contributed by atoms with van der Waals surface area (Å²) in [4.78, 5) is 24.9. The highest BCUT2D eigenvalue weighted by Gasteiger charge is 2.33. The normalized spacial score (nSPS) is 14.6. The van der Waals surface area contributed by atoms with Crippen molar-refractivity contribution in [3.63, 3.8) is 0 Å². The standard InChI is InChI=1S/C17H14Cl2N2O5S/c1-26-15-3-2-13(9-14(15)21-16(22)4-5-17(21)23)27(24,25)20-12-7-10(18)6-11(19)8-12/h2-3,6-9,20H,4-5H2,1H3. The molecule has 0 bridgehead atoms. The van der Waals surface area contributed by atoms with Crippen LogP contribution in [0.15, 0.2) is 41.3 Å². The van der Waals surface area contributed by atoms with Crippen molar-refractivity contribution in [3.05, 3.63) is 46.4 Å². The summed E-state index contributed by atoms with van der Waals surface area (Å²) >= 11 is 11.8. The summed E-state index contributed by atoms with van der Waals surface area (Å²) in [5.74, 6) is -0.617. The Hall–Kier alpha value is -2.29. The summed E-state index contributed by atoms with van der Waals surface area (Å²) in [7, 11) is -2.67. The topological polar surface area (TPSA) is 92.8 Å². The largest absolute Gasteiger partial charge is 0.495 e. The number of rotatable bonds is 5. The Balaban J connectivity index is 2.02. The Morgan fingerprint density at radius 2 is 1.59 bits per heavy atom. The SMILES string of the molecule is COc1ccc(S(=O)(=O)Nc2cc(Cl)cc(Cl)c2)cc1N1C(=O)CCC1=O. The molecule has 2 aromatic carbocycles. The van der Waals surface area contributed by atoms with E-state index in [0.29, 0.717) is 0 Å². The average molecular weight is 429 g/mol. The Labute approximate surface area is 165 Å². The minimum absolute atomic E-state index is 0.0677. The van der Waals surface area contributed by atoms with Crippen molar-refractivity contribution < 1.29 is 22.7 Å². The molecule has 3 rings (SSSR count). The molecule has 2 aromatic rings. The number of anilines is 2. The van der Waals surface area contributed by atoms with Gasteiger partial charge in [0.15, 0.2) is 0 Å². The Bertz CT molecular complexity index is 1000. The minimum atomic E-state index is -4.03. The van der Waals surface area contributed by atoms with E-state index in [9.17, 15) is 18.0 Å². The van der Waals surface area contributed by atoms with E-state index in [-0.39, 0.29) is 44.9 Å². The number of imide groups is 1. The second-order valence-electron chi connectivity index (χ2n) is 5.72. The molecule has 0 aliphatic carbocycles. The first kappa shape index (κ1) is 19.5. The average Bonchev–Trinajstić information content (AvgIpc) is 2.91. The van der Waals surface area contributed by atoms with Gasteiger partial charge in [-0.2, -0.15) is 0 Å². The van der Waals surface area contributed by atoms with Crippen molar-refractivity contribution >= 4 is 56.4 Å². The molecule has 1 N–H and O–H groups in total. The maximum atomic E-state index is 12.7. The van der Waals surface area contributed by atoms with E-state index in [1.165, 1.54) is 43.5 Å². The highest BCUT2D eigenvalue weighted by Crippen LogP contribution is 2.35. The highest BCUT2D eigenvalue weighted by atomic mass is 35.5. The fraction of sp³-hybridized carbons (Fsp3) is 0.176. The van der Waals surface area contributed by atoms with E-state index in [2.05, 4.69) is 4.72 Å². The number of amides is 2. The summed E-state index contributed by atoms with van der Waals surface area (Å²) in [5.41, 5.74) is 0.259. The smallest absolute Gasteiger partial charge is 0.261 e. The van der Waals surface area contributed by atoms with Crippen LogP contribution in [-0.2, 0) is 19.6 Å². The monoisotopic (exact) mass is 428 g/mol. The van der Waals surface area contributed by atoms with Crippen molar-refractivity contribution in [1.82, 2.24) is 0 Å². The molecule has 0 atom stereocenters. The maximum absolute atomic E-state index is 12.7. The van der Waals surface area contributed by atoms with Crippen molar-refractivity contribution in [3.8, 4) is 5.75 Å². The van der Waals surface area contributed by atoms with Crippen LogP contribution >= 0.6 is 23.2 Å². The highest BCUT2D eigenvalue weighted by molar-refractivity contribution is 7.92. The first-order valence-electron chi connectivity index (χ1n) is 7.74. The molecule has 2 amide bonds. The number of benzene rings is 2. The predicted octanol–water partition coefficient (Wildman–Crippen LogP) is 3.46. The number of carbonyl (C=O) groups excluding carboxylic acids is 2. The molecule has 1 saturated heterocycles. The fourth-order valence-corrected chi connectivity index (χ4v) is 4.27. The van der Waals surface area contributed by atoms with Crippen LogP contribution in [-0.4, -0.2) is 27.3 Å². The molecule has 0 spiro atoms. The van der Waals surface area contributed by atoms with Gasteiger partial charge in [-0.05, 0) is 36.4 Å². The first-order valence-corrected chi connectivity index (χ1v) is 9.98. The van der Waals surface area contributed by atoms with Gasteiger partial charge in [0.2, 0.25) is 11.8 Å². The fourth-order valence-electron chi connectivity index (χ4n) is 2.68. The third kappa shape index (κ3) is 4.02. The van der Waals surface area contributed by atoms with Crippen molar-refractivity contribution in [2.75, 3.05) is 16.7 Å². The van der Waals surface area contributed by atoms with E-state index in [1.54, 1.807) is 0 Å². The number of halogens is 2. The molecule has 7 nitrogen and oxygen atoms in total. The van der Waals surface area contributed by atoms with Crippen molar-refractivity contribution in [2.24, 2.45) is 0 Å². The van der Waals surface area contributed by atoms with E-state index in [0.717, 1.165) is 4.90 Å². The zero-order valence-electron chi connectivity index (χ0n) is 14.0. The quantitative estimate of drug-likeness (QED) is 0.735. The molecule has 10 heteroatoms. The van der Waals surface area contributed by atoms with Gasteiger partial charge in [0.25, 0.3) is 10.0 Å². The Morgan fingerprint density at radius 3 is 2.15 bits per heavy atom. The summed E-state index contributed by atoms with van der Waals surface area (Å²) in [6.45, 7) is 0. The lowest BCUT2D eigenvalue weighted by Crippen LogP contribution is -2.29. The van der Waals surface area contributed by atoms with Crippen molar-refractivity contribution in [2.45, 2.75) is 17.7 Å². The first-order chi connectivity index (χ1) is 12.7. The summed E-state index contributed by atoms with van der Waals surface area (Å²) in [6.07, 6.45) is 0.135. The van der Waals surface area contributed by atoms with E-state index in [4.69, 9.17) is 27.9 Å². The van der Waals surface area contributed by atoms with Crippen LogP contribution in [0, 0.1) is 0 Å². The second-order valence-corrected chi connectivity index (χ2v) is 8.28. The molecular weight excluding hydrogens is 415 g/mol. The number of nitrogens with zero attached hydrogens (tertiary/aromatic N) is 1. The van der Waals surface area contributed by atoms with Gasteiger partial charge in [0.1, 0.15) is 5.75 Å². The lowest BCUT2D eigenvalue weighted by molar-refractivity contribution is -0.121. The van der Waals surface area contributed by atoms with Gasteiger partial charge in [-0.1, -0.05) is 23.2 Å². The molecule has 1 heterocycles. The third-order valence-electron chi connectivity index (χ3n) is 3.87. The van der Waals surface area contributed by atoms with Crippen LogP contribution in [0.25, 0.3) is 0 Å². The molecule has 142 valence electrons. The molecule has 0 aromatic heterocycles. The third-order valence-corrected chi connectivity index (χ3v) is 5.68. The molecule has 27 heavy (non-hydrogen) atoms. The van der Waals surface area contributed by atoms with E-state index < -0.39 is 21.8 Å². The van der Waals surface area contributed by atoms with Crippen LogP contribution in [0.2, 0.25) is 10.0 Å². The van der Waals surface area contributed by atoms with Gasteiger partial charge in [0.05, 0.1) is 23.4 Å². The maximum Gasteiger partial charge on any atom is 0.261 e. The number of hydrogen-bond acceptors (Lipinski definition) is 5. The van der Waals surface area contributed by atoms with Crippen LogP contribution < -0.4 is 14.4 Å². The van der Waals surface area contributed by atoms with Crippen LogP contribution in [0.3, 0.4) is 0 Å². The molecule has 0 radical (unpaired) electrons. The molecule has 1 aliphatic rings. The lowest BCUT2D eigenvalue weighted by atomic mass is 10.2. The predicted molar refractivity (Wildman–Crippen MR) is 102 cm³/mol. The molecule has 1 aliphatic heterocycles. The van der Waals surface area contributed by atoms with Gasteiger partial charge >= 0.3 is 0 Å². The molecule has 0 unspecified atom stereocenters. The zero-order valence-corrected chi connectivity index (χ0v) is 16.4. The van der Waals surface area contributed by atoms with Crippen LogP contribution in [0.4, 0.5) is 11.4 Å². The number of sulfonamides is 1. The summed E-state index contributed by atoms with van der Waals surface area (Å²) in [5, 5.41) is 0.535. The van der Waals surface area contributed by atoms with Crippen molar-refractivity contribution in [1.29, 1.82) is 0 Å². The van der Waals surface area contributed by atoms with Gasteiger partial charge in [-0.15, -0.1) is 0 Å². The number of nitrogens with one attached hydrogen (secondary N) is 1. The molecule has 1 fully saturated rings. The van der Waals surface area contributed by atoms with Gasteiger partial charge in [-0.25, -0.2) is 13.3 Å². The van der Waals surface area contributed by atoms with Gasteiger partial charge in [0, 0.05) is 22.9 Å². The summed E-state index contributed by atoms with van der Waals surface area (Å²) in [6, 6.07) is 8.19. The number of hydrogen-bond donors (Lipinski definition) is 1. The Morgan fingerprint density at radius 1 is 1.00 bits per heavy atom. The second kappa shape index (κ2) is 7.38. The van der Waals surface area contributed by atoms with E-state index in [1.807, 2.05) is 0 Å². The van der Waals surface area contributed by atoms with E-state index >= 15 is 0 Å². The van der Waals surface area contributed by atoms with Gasteiger partial charge < -0.3 is 4.74 Å². The minimum Gasteiger partial charge on any atom is -0.495 e. The van der Waals surface area contributed by atoms with Crippen LogP contribution in [0.1, 0.15) is 12.8 Å². The number of ether oxygens (including phenoxy) is 1. The summed E-state index contributed by atoms with van der Waals surface area (Å²) < 4.78 is 33.0. The molecular formula is C17H14Cl2N2O5S. The van der Waals surface area contributed by atoms with Gasteiger partial charge in [-0.3, -0.25) is 14.3 Å². The lowest BCUT2D eigenvalue weighted by Gasteiger charge is -2.18. The number of carbonyl (C=O) groups is 2. The zero-order chi connectivity index (χ0) is 19.8. The Kier molecular flexibility index (Phi) is 5.32.